The van der Waals surface area contributed by atoms with Gasteiger partial charge in [-0.3, -0.25) is 14.9 Å². The number of nitrogens with one attached hydrogen (secondary N) is 3. The van der Waals surface area contributed by atoms with Crippen LogP contribution in [0.25, 0.3) is 11.0 Å². The maximum absolute atomic E-state index is 12.9. The second-order valence-electron chi connectivity index (χ2n) is 8.33. The van der Waals surface area contributed by atoms with Crippen LogP contribution in [0.1, 0.15) is 52.5 Å². The minimum absolute atomic E-state index is 0.129. The molecule has 1 aromatic heterocycles. The van der Waals surface area contributed by atoms with Crippen LogP contribution >= 0.6 is 0 Å². The van der Waals surface area contributed by atoms with Gasteiger partial charge in [-0.2, -0.15) is 0 Å². The highest BCUT2D eigenvalue weighted by atomic mass is 16.2. The van der Waals surface area contributed by atoms with Gasteiger partial charge in [-0.1, -0.05) is 19.9 Å². The minimum atomic E-state index is -0.246. The largest absolute Gasteiger partial charge is 0.359 e. The molecule has 7 heteroatoms. The predicted octanol–water partition coefficient (Wildman–Crippen LogP) is 3.30. The summed E-state index contributed by atoms with van der Waals surface area (Å²) in [4.78, 5) is 35.4. The van der Waals surface area contributed by atoms with Crippen LogP contribution in [0, 0.1) is 0 Å². The molecule has 0 saturated carbocycles. The van der Waals surface area contributed by atoms with Crippen molar-refractivity contribution in [3.63, 3.8) is 0 Å². The number of anilines is 2. The molecule has 1 saturated heterocycles. The Balaban J connectivity index is 1.40. The lowest BCUT2D eigenvalue weighted by Crippen LogP contribution is -2.40. The van der Waals surface area contributed by atoms with Gasteiger partial charge in [0, 0.05) is 29.9 Å². The van der Waals surface area contributed by atoms with Gasteiger partial charge in [0.15, 0.2) is 5.78 Å². The lowest BCUT2D eigenvalue weighted by molar-refractivity contribution is 0.0970. The van der Waals surface area contributed by atoms with Crippen molar-refractivity contribution in [2.75, 3.05) is 29.9 Å². The van der Waals surface area contributed by atoms with E-state index in [0.29, 0.717) is 29.5 Å². The van der Waals surface area contributed by atoms with Crippen molar-refractivity contribution < 1.29 is 9.59 Å². The number of benzene rings is 2. The fraction of sp³-hybridized carbons (Fsp3) is 0.348. The monoisotopic (exact) mass is 403 g/mol. The number of aromatic nitrogens is 2. The summed E-state index contributed by atoms with van der Waals surface area (Å²) in [6.07, 6.45) is 0.969. The summed E-state index contributed by atoms with van der Waals surface area (Å²) in [5, 5.41) is 6.19. The molecule has 2 aromatic carbocycles. The molecule has 3 aromatic rings. The normalized spacial score (nSPS) is 18.4. The highest BCUT2D eigenvalue weighted by Crippen LogP contribution is 2.34. The SMILES string of the molecule is CC(C)c1ccc2[nH]c(NC(=O)c3ccc4c(c3)N3CCCNCC3C4=O)nc2c1. The van der Waals surface area contributed by atoms with E-state index in [1.165, 1.54) is 5.56 Å². The van der Waals surface area contributed by atoms with Crippen molar-refractivity contribution >= 4 is 34.4 Å². The molecule has 3 heterocycles. The number of hydrogen-bond acceptors (Lipinski definition) is 5. The highest BCUT2D eigenvalue weighted by Gasteiger charge is 2.37. The summed E-state index contributed by atoms with van der Waals surface area (Å²) in [7, 11) is 0. The molecule has 0 bridgehead atoms. The van der Waals surface area contributed by atoms with E-state index in [2.05, 4.69) is 45.4 Å². The molecular formula is C23H25N5O2. The fourth-order valence-electron chi connectivity index (χ4n) is 4.32. The first-order chi connectivity index (χ1) is 14.5. The third-order valence-electron chi connectivity index (χ3n) is 6.01. The Hall–Kier alpha value is -3.19. The number of Topliss-reactive ketones (excluding diaryl/α,β-unsaturated/α-hetero) is 1. The first-order valence-corrected chi connectivity index (χ1v) is 10.5. The first-order valence-electron chi connectivity index (χ1n) is 10.5. The number of carbonyl (C=O) groups is 2. The first kappa shape index (κ1) is 18.8. The molecule has 7 nitrogen and oxygen atoms in total. The van der Waals surface area contributed by atoms with Crippen LogP contribution in [0.5, 0.6) is 0 Å². The van der Waals surface area contributed by atoms with Gasteiger partial charge >= 0.3 is 0 Å². The molecule has 0 spiro atoms. The van der Waals surface area contributed by atoms with Crippen molar-refractivity contribution in [2.24, 2.45) is 0 Å². The molecule has 2 aliphatic rings. The van der Waals surface area contributed by atoms with Gasteiger partial charge in [-0.15, -0.1) is 0 Å². The summed E-state index contributed by atoms with van der Waals surface area (Å²) in [5.41, 5.74) is 4.99. The molecular weight excluding hydrogens is 378 g/mol. The number of aromatic amines is 1. The summed E-state index contributed by atoms with van der Waals surface area (Å²) in [6, 6.07) is 11.2. The molecule has 0 radical (unpaired) electrons. The number of ketones is 1. The molecule has 154 valence electrons. The second-order valence-corrected chi connectivity index (χ2v) is 8.33. The van der Waals surface area contributed by atoms with Gasteiger partial charge in [-0.05, 0) is 54.8 Å². The third kappa shape index (κ3) is 3.15. The molecule has 1 unspecified atom stereocenters. The van der Waals surface area contributed by atoms with E-state index in [1.807, 2.05) is 18.2 Å². The zero-order chi connectivity index (χ0) is 20.8. The molecule has 30 heavy (non-hydrogen) atoms. The van der Waals surface area contributed by atoms with Crippen LogP contribution in [0.4, 0.5) is 11.6 Å². The molecule has 2 aliphatic heterocycles. The molecule has 1 fully saturated rings. The van der Waals surface area contributed by atoms with Crippen molar-refractivity contribution in [2.45, 2.75) is 32.2 Å². The fourth-order valence-corrected chi connectivity index (χ4v) is 4.32. The van der Waals surface area contributed by atoms with Crippen LogP contribution in [0.2, 0.25) is 0 Å². The summed E-state index contributed by atoms with van der Waals surface area (Å²) < 4.78 is 0. The summed E-state index contributed by atoms with van der Waals surface area (Å²) in [5.74, 6) is 0.718. The number of carbonyl (C=O) groups excluding carboxylic acids is 2. The second kappa shape index (κ2) is 7.25. The minimum Gasteiger partial charge on any atom is -0.359 e. The maximum Gasteiger partial charge on any atom is 0.258 e. The van der Waals surface area contributed by atoms with Gasteiger partial charge in [0.2, 0.25) is 5.95 Å². The van der Waals surface area contributed by atoms with E-state index in [1.54, 1.807) is 12.1 Å². The Bertz CT molecular complexity index is 1150. The van der Waals surface area contributed by atoms with Gasteiger partial charge < -0.3 is 15.2 Å². The number of imidazole rings is 1. The van der Waals surface area contributed by atoms with Crippen LogP contribution in [-0.4, -0.2) is 47.3 Å². The Morgan fingerprint density at radius 2 is 2.10 bits per heavy atom. The number of H-pyrrole nitrogens is 1. The van der Waals surface area contributed by atoms with Crippen LogP contribution in [-0.2, 0) is 0 Å². The van der Waals surface area contributed by atoms with Gasteiger partial charge in [-0.25, -0.2) is 4.98 Å². The molecule has 1 atom stereocenters. The van der Waals surface area contributed by atoms with Gasteiger partial charge in [0.05, 0.1) is 11.0 Å². The van der Waals surface area contributed by atoms with E-state index in [9.17, 15) is 9.59 Å². The Morgan fingerprint density at radius 1 is 1.23 bits per heavy atom. The molecule has 0 aliphatic carbocycles. The van der Waals surface area contributed by atoms with Crippen molar-refractivity contribution in [1.82, 2.24) is 15.3 Å². The van der Waals surface area contributed by atoms with Crippen molar-refractivity contribution in [3.05, 3.63) is 53.1 Å². The van der Waals surface area contributed by atoms with Crippen LogP contribution in [0.15, 0.2) is 36.4 Å². The molecule has 3 N–H and O–H groups in total. The lowest BCUT2D eigenvalue weighted by atomic mass is 10.0. The van der Waals surface area contributed by atoms with E-state index >= 15 is 0 Å². The number of fused-ring (bicyclic) bond motifs is 4. The third-order valence-corrected chi connectivity index (χ3v) is 6.01. The number of rotatable bonds is 3. The average Bonchev–Trinajstić information content (AvgIpc) is 3.13. The highest BCUT2D eigenvalue weighted by molar-refractivity contribution is 6.13. The van der Waals surface area contributed by atoms with Crippen LogP contribution in [0.3, 0.4) is 0 Å². The van der Waals surface area contributed by atoms with Gasteiger partial charge in [0.25, 0.3) is 5.91 Å². The maximum atomic E-state index is 12.9. The van der Waals surface area contributed by atoms with E-state index in [4.69, 9.17) is 0 Å². The average molecular weight is 403 g/mol. The summed E-state index contributed by atoms with van der Waals surface area (Å²) in [6.45, 7) is 6.63. The van der Waals surface area contributed by atoms with E-state index < -0.39 is 0 Å². The zero-order valence-electron chi connectivity index (χ0n) is 17.2. The Labute approximate surface area is 174 Å². The predicted molar refractivity (Wildman–Crippen MR) is 118 cm³/mol. The quantitative estimate of drug-likeness (QED) is 0.624. The van der Waals surface area contributed by atoms with E-state index in [0.717, 1.165) is 36.2 Å². The van der Waals surface area contributed by atoms with E-state index in [-0.39, 0.29) is 17.7 Å². The van der Waals surface area contributed by atoms with Crippen molar-refractivity contribution in [1.29, 1.82) is 0 Å². The smallest absolute Gasteiger partial charge is 0.258 e. The Morgan fingerprint density at radius 3 is 2.93 bits per heavy atom. The lowest BCUT2D eigenvalue weighted by Gasteiger charge is -2.23. The molecule has 5 rings (SSSR count). The number of nitrogens with zero attached hydrogens (tertiary/aromatic N) is 2. The number of hydrogen-bond donors (Lipinski definition) is 3. The molecule has 1 amide bonds. The van der Waals surface area contributed by atoms with Crippen LogP contribution < -0.4 is 15.5 Å². The zero-order valence-corrected chi connectivity index (χ0v) is 17.2. The Kier molecular flexibility index (Phi) is 4.55. The van der Waals surface area contributed by atoms with Gasteiger partial charge in [0.1, 0.15) is 6.04 Å². The van der Waals surface area contributed by atoms with Crippen molar-refractivity contribution in [3.8, 4) is 0 Å². The summed E-state index contributed by atoms with van der Waals surface area (Å²) >= 11 is 0. The number of amides is 1. The topological polar surface area (TPSA) is 90.1 Å². The standard InChI is InChI=1S/C23H25N5O2/c1-13(2)14-5-7-17-18(10-14)26-23(25-17)27-22(30)15-4-6-16-19(11-15)28-9-3-8-24-12-20(28)21(16)29/h4-7,10-11,13,20,24H,3,8-9,12H2,1-2H3,(H2,25,26,27,30).